The van der Waals surface area contributed by atoms with E-state index in [0.717, 1.165) is 16.9 Å². The Balaban J connectivity index is 2.60. The zero-order valence-corrected chi connectivity index (χ0v) is 12.1. The minimum atomic E-state index is -0.158. The second-order valence-electron chi connectivity index (χ2n) is 7.19. The number of ether oxygens (including phenoxy) is 1. The fourth-order valence-electron chi connectivity index (χ4n) is 2.59. The van der Waals surface area contributed by atoms with E-state index >= 15 is 0 Å². The zero-order valence-electron chi connectivity index (χ0n) is 12.1. The number of esters is 1. The summed E-state index contributed by atoms with van der Waals surface area (Å²) in [6.07, 6.45) is 0. The molecular formula is C16H22O2. The Morgan fingerprint density at radius 1 is 1.06 bits per heavy atom. The molecule has 2 heteroatoms. The zero-order chi connectivity index (χ0) is 13.7. The first-order valence-corrected chi connectivity index (χ1v) is 6.47. The van der Waals surface area contributed by atoms with Crippen LogP contribution in [-0.2, 0) is 10.2 Å². The summed E-state index contributed by atoms with van der Waals surface area (Å²) in [6, 6.07) is 6.10. The lowest BCUT2D eigenvalue weighted by molar-refractivity contribution is -0.136. The van der Waals surface area contributed by atoms with Crippen LogP contribution < -0.4 is 4.74 Å². The van der Waals surface area contributed by atoms with Crippen molar-refractivity contribution in [3.05, 3.63) is 29.3 Å². The Morgan fingerprint density at radius 2 is 1.67 bits per heavy atom. The van der Waals surface area contributed by atoms with E-state index in [-0.39, 0.29) is 22.7 Å². The Labute approximate surface area is 109 Å². The Kier molecular flexibility index (Phi) is 2.80. The SMILES string of the molecule is CC(C)(C)c1cccc2c1OC(=O)C2C(C)(C)C. The van der Waals surface area contributed by atoms with Crippen molar-refractivity contribution in [3.8, 4) is 5.75 Å². The molecule has 1 aliphatic heterocycles. The molecule has 18 heavy (non-hydrogen) atoms. The molecule has 0 amide bonds. The highest BCUT2D eigenvalue weighted by atomic mass is 16.5. The number of para-hydroxylation sites is 1. The van der Waals surface area contributed by atoms with E-state index in [1.165, 1.54) is 0 Å². The average molecular weight is 246 g/mol. The van der Waals surface area contributed by atoms with Gasteiger partial charge in [0.25, 0.3) is 0 Å². The van der Waals surface area contributed by atoms with Gasteiger partial charge in [-0.2, -0.15) is 0 Å². The normalized spacial score (nSPS) is 19.7. The molecule has 1 unspecified atom stereocenters. The van der Waals surface area contributed by atoms with Crippen molar-refractivity contribution in [1.29, 1.82) is 0 Å². The summed E-state index contributed by atoms with van der Waals surface area (Å²) in [5.74, 6) is 0.513. The molecule has 0 fully saturated rings. The smallest absolute Gasteiger partial charge is 0.319 e. The lowest BCUT2D eigenvalue weighted by atomic mass is 9.76. The Hall–Kier alpha value is -1.31. The average Bonchev–Trinajstić information content (AvgIpc) is 2.50. The summed E-state index contributed by atoms with van der Waals surface area (Å²) in [5, 5.41) is 0. The van der Waals surface area contributed by atoms with Crippen molar-refractivity contribution in [2.45, 2.75) is 52.9 Å². The van der Waals surface area contributed by atoms with Crippen LogP contribution in [0.15, 0.2) is 18.2 Å². The quantitative estimate of drug-likeness (QED) is 0.510. The van der Waals surface area contributed by atoms with E-state index in [9.17, 15) is 4.79 Å². The van der Waals surface area contributed by atoms with Crippen LogP contribution in [0, 0.1) is 5.41 Å². The Bertz CT molecular complexity index is 487. The highest BCUT2D eigenvalue weighted by Gasteiger charge is 2.43. The molecule has 98 valence electrons. The van der Waals surface area contributed by atoms with Gasteiger partial charge in [-0.05, 0) is 10.8 Å². The van der Waals surface area contributed by atoms with Crippen LogP contribution in [0.1, 0.15) is 58.6 Å². The molecular weight excluding hydrogens is 224 g/mol. The van der Waals surface area contributed by atoms with Crippen LogP contribution >= 0.6 is 0 Å². The molecule has 1 heterocycles. The standard InChI is InChI=1S/C16H22O2/c1-15(2,3)11-9-7-8-10-12(16(4,5)6)14(17)18-13(10)11/h7-9,12H,1-6H3. The second-order valence-corrected chi connectivity index (χ2v) is 7.19. The van der Waals surface area contributed by atoms with E-state index in [2.05, 4.69) is 47.6 Å². The van der Waals surface area contributed by atoms with Crippen molar-refractivity contribution in [1.82, 2.24) is 0 Å². The minimum Gasteiger partial charge on any atom is -0.425 e. The minimum absolute atomic E-state index is 0.0155. The molecule has 0 aliphatic carbocycles. The first-order chi connectivity index (χ1) is 8.12. The van der Waals surface area contributed by atoms with Crippen molar-refractivity contribution >= 4 is 5.97 Å². The van der Waals surface area contributed by atoms with Gasteiger partial charge in [0.05, 0.1) is 5.92 Å². The summed E-state index contributed by atoms with van der Waals surface area (Å²) in [7, 11) is 0. The van der Waals surface area contributed by atoms with Gasteiger partial charge in [0.15, 0.2) is 0 Å². The van der Waals surface area contributed by atoms with Gasteiger partial charge < -0.3 is 4.74 Å². The van der Waals surface area contributed by atoms with Gasteiger partial charge in [-0.15, -0.1) is 0 Å². The number of rotatable bonds is 0. The fourth-order valence-corrected chi connectivity index (χ4v) is 2.59. The van der Waals surface area contributed by atoms with Crippen molar-refractivity contribution < 1.29 is 9.53 Å². The fraction of sp³-hybridized carbons (Fsp3) is 0.562. The lowest BCUT2D eigenvalue weighted by Crippen LogP contribution is -2.24. The number of fused-ring (bicyclic) bond motifs is 1. The maximum atomic E-state index is 12.1. The third-order valence-electron chi connectivity index (χ3n) is 3.47. The summed E-state index contributed by atoms with van der Waals surface area (Å²) in [5.41, 5.74) is 2.03. The third kappa shape index (κ3) is 2.05. The van der Waals surface area contributed by atoms with Gasteiger partial charge in [-0.3, -0.25) is 4.79 Å². The molecule has 1 aromatic rings. The maximum Gasteiger partial charge on any atom is 0.319 e. The molecule has 1 aliphatic rings. The van der Waals surface area contributed by atoms with Gasteiger partial charge in [0.2, 0.25) is 0 Å². The van der Waals surface area contributed by atoms with Crippen LogP contribution in [-0.4, -0.2) is 5.97 Å². The summed E-state index contributed by atoms with van der Waals surface area (Å²) >= 11 is 0. The topological polar surface area (TPSA) is 26.3 Å². The number of hydrogen-bond donors (Lipinski definition) is 0. The van der Waals surface area contributed by atoms with Gasteiger partial charge in [-0.25, -0.2) is 0 Å². The van der Waals surface area contributed by atoms with E-state index < -0.39 is 0 Å². The van der Waals surface area contributed by atoms with E-state index in [1.54, 1.807) is 0 Å². The highest BCUT2D eigenvalue weighted by Crippen LogP contribution is 2.48. The third-order valence-corrected chi connectivity index (χ3v) is 3.47. The van der Waals surface area contributed by atoms with Crippen LogP contribution in [0.2, 0.25) is 0 Å². The van der Waals surface area contributed by atoms with Crippen molar-refractivity contribution in [2.75, 3.05) is 0 Å². The molecule has 0 saturated heterocycles. The first kappa shape index (κ1) is 13.1. The predicted octanol–water partition coefficient (Wildman–Crippen LogP) is 4.03. The predicted molar refractivity (Wildman–Crippen MR) is 73.0 cm³/mol. The molecule has 2 nitrogen and oxygen atoms in total. The molecule has 1 aromatic carbocycles. The van der Waals surface area contributed by atoms with Crippen molar-refractivity contribution in [2.24, 2.45) is 5.41 Å². The summed E-state index contributed by atoms with van der Waals surface area (Å²) < 4.78 is 5.56. The van der Waals surface area contributed by atoms with Gasteiger partial charge in [0.1, 0.15) is 5.75 Å². The molecule has 0 saturated carbocycles. The van der Waals surface area contributed by atoms with Crippen LogP contribution in [0.3, 0.4) is 0 Å². The molecule has 0 radical (unpaired) electrons. The van der Waals surface area contributed by atoms with Crippen LogP contribution in [0.25, 0.3) is 0 Å². The number of carbonyl (C=O) groups is 1. The first-order valence-electron chi connectivity index (χ1n) is 6.47. The highest BCUT2D eigenvalue weighted by molar-refractivity contribution is 5.87. The molecule has 1 atom stereocenters. The number of hydrogen-bond acceptors (Lipinski definition) is 2. The van der Waals surface area contributed by atoms with Gasteiger partial charge in [0, 0.05) is 11.1 Å². The monoisotopic (exact) mass is 246 g/mol. The Morgan fingerprint density at radius 3 is 2.17 bits per heavy atom. The van der Waals surface area contributed by atoms with Crippen LogP contribution in [0.5, 0.6) is 5.75 Å². The largest absolute Gasteiger partial charge is 0.425 e. The summed E-state index contributed by atoms with van der Waals surface area (Å²) in [6.45, 7) is 12.7. The molecule has 0 spiro atoms. The van der Waals surface area contributed by atoms with Crippen molar-refractivity contribution in [3.63, 3.8) is 0 Å². The maximum absolute atomic E-state index is 12.1. The summed E-state index contributed by atoms with van der Waals surface area (Å²) in [4.78, 5) is 12.1. The number of benzene rings is 1. The molecule has 2 rings (SSSR count). The van der Waals surface area contributed by atoms with Crippen LogP contribution in [0.4, 0.5) is 0 Å². The molecule has 0 aromatic heterocycles. The van der Waals surface area contributed by atoms with E-state index in [4.69, 9.17) is 4.74 Å². The van der Waals surface area contributed by atoms with Gasteiger partial charge in [-0.1, -0.05) is 59.7 Å². The van der Waals surface area contributed by atoms with E-state index in [0.29, 0.717) is 0 Å². The lowest BCUT2D eigenvalue weighted by Gasteiger charge is -2.25. The number of carbonyl (C=O) groups excluding carboxylic acids is 1. The molecule has 0 bridgehead atoms. The van der Waals surface area contributed by atoms with E-state index in [1.807, 2.05) is 12.1 Å². The second kappa shape index (κ2) is 3.84. The molecule has 0 N–H and O–H groups in total. The van der Waals surface area contributed by atoms with Gasteiger partial charge >= 0.3 is 5.97 Å².